The van der Waals surface area contributed by atoms with Gasteiger partial charge in [-0.2, -0.15) is 0 Å². The Bertz CT molecular complexity index is 726. The van der Waals surface area contributed by atoms with E-state index in [1.54, 1.807) is 25.7 Å². The summed E-state index contributed by atoms with van der Waals surface area (Å²) < 4.78 is 5.25. The molecule has 132 valence electrons. The summed E-state index contributed by atoms with van der Waals surface area (Å²) in [5.74, 6) is 1.69. The highest BCUT2D eigenvalue weighted by Crippen LogP contribution is 2.43. The number of nitrogens with one attached hydrogen (secondary N) is 1. The molecule has 25 heavy (non-hydrogen) atoms. The van der Waals surface area contributed by atoms with Crippen LogP contribution in [0.3, 0.4) is 0 Å². The number of nitrogens with zero attached hydrogens (tertiary/aromatic N) is 3. The summed E-state index contributed by atoms with van der Waals surface area (Å²) in [7, 11) is 1.66. The van der Waals surface area contributed by atoms with E-state index < -0.39 is 0 Å². The van der Waals surface area contributed by atoms with Crippen molar-refractivity contribution in [3.05, 3.63) is 54.1 Å². The Morgan fingerprint density at radius 3 is 2.72 bits per heavy atom. The van der Waals surface area contributed by atoms with Gasteiger partial charge < -0.3 is 15.0 Å². The van der Waals surface area contributed by atoms with Crippen LogP contribution in [0, 0.1) is 11.8 Å². The SMILES string of the molecule is COc1ccc([C@H]2[C@H]3CNC[C@H]3CN2C(=O)c2cnccn2)cc1.Cl. The lowest BCUT2D eigenvalue weighted by Gasteiger charge is -2.28. The molecule has 0 spiro atoms. The minimum atomic E-state index is -0.0432. The number of hydrogen-bond acceptors (Lipinski definition) is 5. The van der Waals surface area contributed by atoms with E-state index in [1.807, 2.05) is 17.0 Å². The average Bonchev–Trinajstić information content (AvgIpc) is 3.23. The van der Waals surface area contributed by atoms with Crippen molar-refractivity contribution in [2.24, 2.45) is 11.8 Å². The molecule has 4 rings (SSSR count). The number of fused-ring (bicyclic) bond motifs is 1. The van der Waals surface area contributed by atoms with Gasteiger partial charge in [-0.25, -0.2) is 4.98 Å². The molecule has 2 saturated heterocycles. The van der Waals surface area contributed by atoms with Crippen LogP contribution in [0.4, 0.5) is 0 Å². The van der Waals surface area contributed by atoms with E-state index in [0.717, 1.165) is 30.9 Å². The molecule has 2 fully saturated rings. The Morgan fingerprint density at radius 2 is 2.04 bits per heavy atom. The number of ether oxygens (including phenoxy) is 1. The summed E-state index contributed by atoms with van der Waals surface area (Å²) in [6.45, 7) is 2.65. The van der Waals surface area contributed by atoms with E-state index in [-0.39, 0.29) is 24.4 Å². The fourth-order valence-corrected chi connectivity index (χ4v) is 3.91. The van der Waals surface area contributed by atoms with E-state index >= 15 is 0 Å². The van der Waals surface area contributed by atoms with Crippen molar-refractivity contribution < 1.29 is 9.53 Å². The summed E-state index contributed by atoms with van der Waals surface area (Å²) in [6, 6.07) is 8.08. The second kappa shape index (κ2) is 7.37. The molecule has 1 aromatic heterocycles. The van der Waals surface area contributed by atoms with Crippen molar-refractivity contribution >= 4 is 18.3 Å². The van der Waals surface area contributed by atoms with Gasteiger partial charge in [0.15, 0.2) is 0 Å². The van der Waals surface area contributed by atoms with Gasteiger partial charge in [0.05, 0.1) is 19.3 Å². The number of halogens is 1. The molecule has 3 atom stereocenters. The molecule has 1 amide bonds. The van der Waals surface area contributed by atoms with Gasteiger partial charge in [0.1, 0.15) is 11.4 Å². The van der Waals surface area contributed by atoms with Crippen LogP contribution < -0.4 is 10.1 Å². The molecular weight excluding hydrogens is 340 g/mol. The minimum Gasteiger partial charge on any atom is -0.497 e. The smallest absolute Gasteiger partial charge is 0.274 e. The van der Waals surface area contributed by atoms with Crippen LogP contribution in [-0.4, -0.2) is 47.5 Å². The summed E-state index contributed by atoms with van der Waals surface area (Å²) in [5, 5.41) is 3.46. The molecule has 0 radical (unpaired) electrons. The van der Waals surface area contributed by atoms with E-state index in [9.17, 15) is 4.79 Å². The third-order valence-electron chi connectivity index (χ3n) is 5.07. The summed E-state index contributed by atoms with van der Waals surface area (Å²) in [6.07, 6.45) is 4.69. The zero-order valence-electron chi connectivity index (χ0n) is 14.0. The molecule has 2 aliphatic rings. The van der Waals surface area contributed by atoms with Crippen LogP contribution in [0.5, 0.6) is 5.75 Å². The highest BCUT2D eigenvalue weighted by atomic mass is 35.5. The van der Waals surface area contributed by atoms with E-state index in [0.29, 0.717) is 17.5 Å². The molecular formula is C18H21ClN4O2. The van der Waals surface area contributed by atoms with Crippen LogP contribution in [0.2, 0.25) is 0 Å². The Kier molecular flexibility index (Phi) is 5.20. The van der Waals surface area contributed by atoms with Crippen molar-refractivity contribution in [3.8, 4) is 5.75 Å². The first-order valence-corrected chi connectivity index (χ1v) is 8.19. The molecule has 0 saturated carbocycles. The lowest BCUT2D eigenvalue weighted by atomic mass is 9.89. The molecule has 1 aromatic carbocycles. The standard InChI is InChI=1S/C18H20N4O2.ClH/c1-24-14-4-2-12(3-5-14)17-15-9-20-8-13(15)11-22(17)18(23)16-10-19-6-7-21-16;/h2-7,10,13,15,17,20H,8-9,11H2,1H3;1H/t13-,15-,17-;/m0./s1. The first kappa shape index (κ1) is 17.6. The van der Waals surface area contributed by atoms with Crippen molar-refractivity contribution in [3.63, 3.8) is 0 Å². The van der Waals surface area contributed by atoms with E-state index in [2.05, 4.69) is 27.4 Å². The number of carbonyl (C=O) groups excluding carboxylic acids is 1. The quantitative estimate of drug-likeness (QED) is 0.906. The number of carbonyl (C=O) groups is 1. The minimum absolute atomic E-state index is 0. The Labute approximate surface area is 153 Å². The van der Waals surface area contributed by atoms with E-state index in [4.69, 9.17) is 4.74 Å². The zero-order valence-corrected chi connectivity index (χ0v) is 14.8. The topological polar surface area (TPSA) is 67.3 Å². The first-order valence-electron chi connectivity index (χ1n) is 8.19. The molecule has 0 unspecified atom stereocenters. The van der Waals surface area contributed by atoms with Crippen LogP contribution >= 0.6 is 12.4 Å². The number of aromatic nitrogens is 2. The van der Waals surface area contributed by atoms with Gasteiger partial charge in [-0.3, -0.25) is 9.78 Å². The number of amides is 1. The summed E-state index contributed by atoms with van der Waals surface area (Å²) in [5.41, 5.74) is 1.55. The van der Waals surface area contributed by atoms with Gasteiger partial charge in [-0.15, -0.1) is 12.4 Å². The third kappa shape index (κ3) is 3.19. The molecule has 2 aliphatic heterocycles. The lowest BCUT2D eigenvalue weighted by molar-refractivity contribution is 0.0707. The number of rotatable bonds is 3. The molecule has 1 N–H and O–H groups in total. The maximum absolute atomic E-state index is 13.0. The predicted octanol–water partition coefficient (Wildman–Crippen LogP) is 1.94. The highest BCUT2D eigenvalue weighted by Gasteiger charge is 2.47. The van der Waals surface area contributed by atoms with Crippen molar-refractivity contribution in [2.45, 2.75) is 6.04 Å². The molecule has 3 heterocycles. The number of benzene rings is 1. The van der Waals surface area contributed by atoms with Gasteiger partial charge in [-0.05, 0) is 23.6 Å². The first-order chi connectivity index (χ1) is 11.8. The van der Waals surface area contributed by atoms with Crippen LogP contribution in [0.1, 0.15) is 22.1 Å². The van der Waals surface area contributed by atoms with Crippen molar-refractivity contribution in [1.82, 2.24) is 20.2 Å². The van der Waals surface area contributed by atoms with E-state index in [1.165, 1.54) is 0 Å². The zero-order chi connectivity index (χ0) is 16.5. The Balaban J connectivity index is 0.00000182. The van der Waals surface area contributed by atoms with Crippen LogP contribution in [0.15, 0.2) is 42.9 Å². The van der Waals surface area contributed by atoms with Gasteiger partial charge in [0, 0.05) is 37.9 Å². The molecule has 0 bridgehead atoms. The largest absolute Gasteiger partial charge is 0.497 e. The Hall–Kier alpha value is -2.18. The van der Waals surface area contributed by atoms with Gasteiger partial charge >= 0.3 is 0 Å². The number of hydrogen-bond donors (Lipinski definition) is 1. The van der Waals surface area contributed by atoms with Gasteiger partial charge in [0.25, 0.3) is 5.91 Å². The normalized spacial score (nSPS) is 24.5. The van der Waals surface area contributed by atoms with Gasteiger partial charge in [0.2, 0.25) is 0 Å². The third-order valence-corrected chi connectivity index (χ3v) is 5.07. The molecule has 6 nitrogen and oxygen atoms in total. The molecule has 0 aliphatic carbocycles. The maximum Gasteiger partial charge on any atom is 0.274 e. The second-order valence-corrected chi connectivity index (χ2v) is 6.35. The lowest BCUT2D eigenvalue weighted by Crippen LogP contribution is -2.35. The fraction of sp³-hybridized carbons (Fsp3) is 0.389. The number of likely N-dealkylation sites (tertiary alicyclic amines) is 1. The molecule has 2 aromatic rings. The van der Waals surface area contributed by atoms with Gasteiger partial charge in [-0.1, -0.05) is 12.1 Å². The van der Waals surface area contributed by atoms with Crippen LogP contribution in [-0.2, 0) is 0 Å². The monoisotopic (exact) mass is 360 g/mol. The summed E-state index contributed by atoms with van der Waals surface area (Å²) >= 11 is 0. The second-order valence-electron chi connectivity index (χ2n) is 6.35. The Morgan fingerprint density at radius 1 is 1.24 bits per heavy atom. The maximum atomic E-state index is 13.0. The van der Waals surface area contributed by atoms with Crippen LogP contribution in [0.25, 0.3) is 0 Å². The predicted molar refractivity (Wildman–Crippen MR) is 95.9 cm³/mol. The summed E-state index contributed by atoms with van der Waals surface area (Å²) in [4.78, 5) is 23.1. The average molecular weight is 361 g/mol. The van der Waals surface area contributed by atoms with Crippen molar-refractivity contribution in [1.29, 1.82) is 0 Å². The van der Waals surface area contributed by atoms with Crippen molar-refractivity contribution in [2.75, 3.05) is 26.7 Å². The fourth-order valence-electron chi connectivity index (χ4n) is 3.91. The molecule has 7 heteroatoms. The number of methoxy groups -OCH3 is 1. The highest BCUT2D eigenvalue weighted by molar-refractivity contribution is 5.92.